The van der Waals surface area contributed by atoms with E-state index in [-0.39, 0.29) is 0 Å². The van der Waals surface area contributed by atoms with E-state index in [0.29, 0.717) is 5.56 Å². The zero-order valence-electron chi connectivity index (χ0n) is 11.7. The molecule has 0 aliphatic rings. The molecule has 0 bridgehead atoms. The number of benzene rings is 1. The van der Waals surface area contributed by atoms with Crippen molar-refractivity contribution in [2.75, 3.05) is 0 Å². The van der Waals surface area contributed by atoms with E-state index in [1.54, 1.807) is 11.3 Å². The third-order valence-electron chi connectivity index (χ3n) is 3.36. The molecule has 1 aromatic carbocycles. The molecule has 0 amide bonds. The van der Waals surface area contributed by atoms with E-state index in [4.69, 9.17) is 16.9 Å². The van der Waals surface area contributed by atoms with Crippen LogP contribution in [0.5, 0.6) is 0 Å². The number of nitrogens with zero attached hydrogens (tertiary/aromatic N) is 1. The minimum atomic E-state index is 0.691. The molecule has 104 valence electrons. The lowest BCUT2D eigenvalue weighted by atomic mass is 10.1. The van der Waals surface area contributed by atoms with Crippen molar-refractivity contribution in [3.63, 3.8) is 0 Å². The topological polar surface area (TPSA) is 23.8 Å². The molecule has 0 fully saturated rings. The Morgan fingerprint density at radius 2 is 1.90 bits per heavy atom. The molecule has 20 heavy (non-hydrogen) atoms. The van der Waals surface area contributed by atoms with Gasteiger partial charge in [0.05, 0.1) is 16.0 Å². The Bertz CT molecular complexity index is 592. The second-order valence-electron chi connectivity index (χ2n) is 4.91. The normalized spacial score (nSPS) is 10.4. The van der Waals surface area contributed by atoms with Crippen LogP contribution in [0.25, 0.3) is 10.4 Å². The third-order valence-corrected chi connectivity index (χ3v) is 4.84. The van der Waals surface area contributed by atoms with Crippen molar-refractivity contribution in [2.24, 2.45) is 0 Å². The molecule has 1 aromatic heterocycles. The van der Waals surface area contributed by atoms with Crippen LogP contribution in [-0.4, -0.2) is 0 Å². The lowest BCUT2D eigenvalue weighted by Crippen LogP contribution is -1.83. The van der Waals surface area contributed by atoms with Gasteiger partial charge in [-0.2, -0.15) is 5.26 Å². The summed E-state index contributed by atoms with van der Waals surface area (Å²) in [5.41, 5.74) is 3.08. The zero-order chi connectivity index (χ0) is 14.4. The molecule has 0 spiro atoms. The summed E-state index contributed by atoms with van der Waals surface area (Å²) >= 11 is 7.96. The summed E-state index contributed by atoms with van der Waals surface area (Å²) in [7, 11) is 0. The Morgan fingerprint density at radius 1 is 1.15 bits per heavy atom. The molecular weight excluding hydrogens is 286 g/mol. The Hall–Kier alpha value is -1.30. The van der Waals surface area contributed by atoms with Gasteiger partial charge in [0, 0.05) is 4.88 Å². The van der Waals surface area contributed by atoms with Crippen LogP contribution in [0.1, 0.15) is 43.7 Å². The molecule has 0 saturated heterocycles. The van der Waals surface area contributed by atoms with Gasteiger partial charge in [-0.05, 0) is 42.2 Å². The van der Waals surface area contributed by atoms with Crippen LogP contribution < -0.4 is 0 Å². The van der Waals surface area contributed by atoms with E-state index in [9.17, 15) is 0 Å². The van der Waals surface area contributed by atoms with Gasteiger partial charge < -0.3 is 0 Å². The van der Waals surface area contributed by atoms with Gasteiger partial charge in [0.15, 0.2) is 0 Å². The lowest BCUT2D eigenvalue weighted by molar-refractivity contribution is 0.667. The number of unbranched alkanes of at least 4 members (excludes halogenated alkanes) is 3. The van der Waals surface area contributed by atoms with Crippen LogP contribution in [-0.2, 0) is 6.42 Å². The fraction of sp³-hybridized carbons (Fsp3) is 0.353. The Morgan fingerprint density at radius 3 is 2.55 bits per heavy atom. The van der Waals surface area contributed by atoms with E-state index >= 15 is 0 Å². The molecule has 2 aromatic rings. The van der Waals surface area contributed by atoms with E-state index in [0.717, 1.165) is 16.3 Å². The van der Waals surface area contributed by atoms with Crippen LogP contribution in [0.4, 0.5) is 0 Å². The first-order chi connectivity index (χ1) is 9.74. The van der Waals surface area contributed by atoms with Crippen molar-refractivity contribution in [2.45, 2.75) is 39.0 Å². The monoisotopic (exact) mass is 303 g/mol. The molecule has 2 rings (SSSR count). The molecule has 1 nitrogen and oxygen atoms in total. The number of rotatable bonds is 6. The molecule has 0 N–H and O–H groups in total. The largest absolute Gasteiger partial charge is 0.192 e. The van der Waals surface area contributed by atoms with Crippen LogP contribution in [0.15, 0.2) is 30.3 Å². The summed E-state index contributed by atoms with van der Waals surface area (Å²) in [5.74, 6) is 0. The van der Waals surface area contributed by atoms with Crippen molar-refractivity contribution >= 4 is 22.9 Å². The van der Waals surface area contributed by atoms with Gasteiger partial charge >= 0.3 is 0 Å². The van der Waals surface area contributed by atoms with Gasteiger partial charge in [0.25, 0.3) is 0 Å². The van der Waals surface area contributed by atoms with Crippen LogP contribution in [0.3, 0.4) is 0 Å². The van der Waals surface area contributed by atoms with Gasteiger partial charge in [-0.1, -0.05) is 49.9 Å². The first kappa shape index (κ1) is 15.1. The van der Waals surface area contributed by atoms with Gasteiger partial charge in [-0.3, -0.25) is 0 Å². The van der Waals surface area contributed by atoms with Gasteiger partial charge in [-0.15, -0.1) is 11.3 Å². The second kappa shape index (κ2) is 7.47. The third kappa shape index (κ3) is 3.85. The number of aryl methyl sites for hydroxylation is 1. The number of halogens is 1. The molecular formula is C17H18ClNS. The van der Waals surface area contributed by atoms with Crippen molar-refractivity contribution in [1.29, 1.82) is 5.26 Å². The molecule has 0 unspecified atom stereocenters. The number of nitriles is 1. The predicted molar refractivity (Wildman–Crippen MR) is 87.3 cm³/mol. The highest BCUT2D eigenvalue weighted by molar-refractivity contribution is 7.19. The molecule has 1 heterocycles. The summed E-state index contributed by atoms with van der Waals surface area (Å²) in [6, 6.07) is 12.0. The van der Waals surface area contributed by atoms with Crippen LogP contribution in [0.2, 0.25) is 4.34 Å². The van der Waals surface area contributed by atoms with E-state index in [1.807, 2.05) is 24.3 Å². The van der Waals surface area contributed by atoms with Crippen LogP contribution in [0, 0.1) is 11.3 Å². The number of hydrogen-bond acceptors (Lipinski definition) is 2. The Labute approximate surface area is 129 Å². The molecule has 0 aliphatic carbocycles. The summed E-state index contributed by atoms with van der Waals surface area (Å²) in [4.78, 5) is 1.19. The highest BCUT2D eigenvalue weighted by Gasteiger charge is 2.08. The maximum atomic E-state index is 8.82. The molecule has 0 saturated carbocycles. The van der Waals surface area contributed by atoms with Crippen molar-refractivity contribution in [1.82, 2.24) is 0 Å². The van der Waals surface area contributed by atoms with Gasteiger partial charge in [0.1, 0.15) is 0 Å². The molecule has 0 atom stereocenters. The number of hydrogen-bond donors (Lipinski definition) is 0. The smallest absolute Gasteiger partial charge is 0.0991 e. The highest BCUT2D eigenvalue weighted by Crippen LogP contribution is 2.35. The second-order valence-corrected chi connectivity index (χ2v) is 6.56. The van der Waals surface area contributed by atoms with E-state index < -0.39 is 0 Å². The first-order valence-electron chi connectivity index (χ1n) is 7.03. The lowest BCUT2D eigenvalue weighted by Gasteiger charge is -1.98. The zero-order valence-corrected chi connectivity index (χ0v) is 13.2. The van der Waals surface area contributed by atoms with E-state index in [1.165, 1.54) is 36.1 Å². The predicted octanol–water partition coefficient (Wildman–Crippen LogP) is 6.06. The maximum absolute atomic E-state index is 8.82. The fourth-order valence-corrected chi connectivity index (χ4v) is 3.51. The standard InChI is InChI=1S/C17H18ClNS/c1-2-3-4-5-6-15-11-16(20-17(15)18)14-9-7-13(12-19)8-10-14/h7-11H,2-6H2,1H3. The summed E-state index contributed by atoms with van der Waals surface area (Å²) in [6.07, 6.45) is 6.09. The van der Waals surface area contributed by atoms with Gasteiger partial charge in [0.2, 0.25) is 0 Å². The highest BCUT2D eigenvalue weighted by atomic mass is 35.5. The minimum absolute atomic E-state index is 0.691. The summed E-state index contributed by atoms with van der Waals surface area (Å²) in [6.45, 7) is 2.22. The first-order valence-corrected chi connectivity index (χ1v) is 8.22. The van der Waals surface area contributed by atoms with E-state index in [2.05, 4.69) is 19.1 Å². The quantitative estimate of drug-likeness (QED) is 0.595. The summed E-state index contributed by atoms with van der Waals surface area (Å²) < 4.78 is 0.904. The van der Waals surface area contributed by atoms with Crippen molar-refractivity contribution < 1.29 is 0 Å². The SMILES string of the molecule is CCCCCCc1cc(-c2ccc(C#N)cc2)sc1Cl. The fourth-order valence-electron chi connectivity index (χ4n) is 2.17. The minimum Gasteiger partial charge on any atom is -0.192 e. The molecule has 0 radical (unpaired) electrons. The average Bonchev–Trinajstić information content (AvgIpc) is 2.85. The Balaban J connectivity index is 2.07. The summed E-state index contributed by atoms with van der Waals surface area (Å²) in [5, 5.41) is 8.82. The molecule has 0 aliphatic heterocycles. The van der Waals surface area contributed by atoms with Crippen molar-refractivity contribution in [3.05, 3.63) is 45.8 Å². The Kier molecular flexibility index (Phi) is 5.64. The van der Waals surface area contributed by atoms with Crippen molar-refractivity contribution in [3.8, 4) is 16.5 Å². The maximum Gasteiger partial charge on any atom is 0.0991 e. The van der Waals surface area contributed by atoms with Gasteiger partial charge in [-0.25, -0.2) is 0 Å². The van der Waals surface area contributed by atoms with Crippen LogP contribution >= 0.6 is 22.9 Å². The molecule has 3 heteroatoms. The average molecular weight is 304 g/mol. The number of thiophene rings is 1.